The number of nitrogens with one attached hydrogen (secondary N) is 1. The van der Waals surface area contributed by atoms with Crippen LogP contribution in [0, 0.1) is 5.92 Å². The van der Waals surface area contributed by atoms with E-state index in [0.717, 1.165) is 50.3 Å². The van der Waals surface area contributed by atoms with Crippen molar-refractivity contribution in [1.29, 1.82) is 0 Å². The maximum absolute atomic E-state index is 12.6. The largest absolute Gasteiger partial charge is 0.493 e. The van der Waals surface area contributed by atoms with Gasteiger partial charge in [-0.15, -0.1) is 0 Å². The fraction of sp³-hybridized carbons (Fsp3) is 0.650. The van der Waals surface area contributed by atoms with Crippen molar-refractivity contribution in [3.8, 4) is 5.75 Å². The van der Waals surface area contributed by atoms with E-state index in [2.05, 4.69) is 22.3 Å². The van der Waals surface area contributed by atoms with Gasteiger partial charge in [-0.2, -0.15) is 0 Å². The number of likely N-dealkylation sites (tertiary alicyclic amines) is 1. The second-order valence-corrected chi connectivity index (χ2v) is 7.73. The van der Waals surface area contributed by atoms with Gasteiger partial charge in [0.25, 0.3) is 0 Å². The summed E-state index contributed by atoms with van der Waals surface area (Å²) < 4.78 is 5.60. The summed E-state index contributed by atoms with van der Waals surface area (Å²) in [5.74, 6) is 1.39. The minimum absolute atomic E-state index is 0.00779. The number of carbonyl (C=O) groups is 1. The Bertz CT molecular complexity index is 621. The van der Waals surface area contributed by atoms with Crippen LogP contribution in [0.15, 0.2) is 18.2 Å². The number of hydrogen-bond donors (Lipinski definition) is 2. The zero-order valence-electron chi connectivity index (χ0n) is 14.7. The van der Waals surface area contributed by atoms with Crippen LogP contribution in [0.4, 0.5) is 0 Å². The van der Waals surface area contributed by atoms with E-state index in [1.807, 2.05) is 6.07 Å². The van der Waals surface area contributed by atoms with E-state index < -0.39 is 0 Å². The van der Waals surface area contributed by atoms with Crippen molar-refractivity contribution in [2.45, 2.75) is 50.7 Å². The maximum atomic E-state index is 12.6. The van der Waals surface area contributed by atoms with Crippen LogP contribution in [0.3, 0.4) is 0 Å². The second-order valence-electron chi connectivity index (χ2n) is 7.73. The van der Waals surface area contributed by atoms with Gasteiger partial charge in [-0.25, -0.2) is 0 Å². The predicted octanol–water partition coefficient (Wildman–Crippen LogP) is 2.04. The number of fused-ring (bicyclic) bond motifs is 1. The Labute approximate surface area is 149 Å². The van der Waals surface area contributed by atoms with E-state index in [1.54, 1.807) is 0 Å². The number of benzene rings is 1. The van der Waals surface area contributed by atoms with Crippen LogP contribution >= 0.6 is 0 Å². The monoisotopic (exact) mass is 344 g/mol. The van der Waals surface area contributed by atoms with E-state index in [4.69, 9.17) is 4.74 Å². The SMILES string of the molecule is O=C(CN1CCCCC1)N[C@@H](c1ccc2c(c1)CCO2)C1CC(O)C1. The van der Waals surface area contributed by atoms with Crippen LogP contribution in [0.2, 0.25) is 0 Å². The smallest absolute Gasteiger partial charge is 0.234 e. The molecule has 2 aliphatic heterocycles. The van der Waals surface area contributed by atoms with Crippen molar-refractivity contribution < 1.29 is 14.6 Å². The Morgan fingerprint density at radius 1 is 1.28 bits per heavy atom. The lowest BCUT2D eigenvalue weighted by Gasteiger charge is -2.39. The van der Waals surface area contributed by atoms with Gasteiger partial charge in [0, 0.05) is 6.42 Å². The molecular formula is C20H28N2O3. The first-order valence-corrected chi connectivity index (χ1v) is 9.64. The van der Waals surface area contributed by atoms with Gasteiger partial charge in [0.05, 0.1) is 25.3 Å². The summed E-state index contributed by atoms with van der Waals surface area (Å²) in [5, 5.41) is 13.0. The minimum Gasteiger partial charge on any atom is -0.493 e. The highest BCUT2D eigenvalue weighted by Crippen LogP contribution is 2.39. The number of carbonyl (C=O) groups excluding carboxylic acids is 1. The van der Waals surface area contributed by atoms with E-state index in [0.29, 0.717) is 12.5 Å². The zero-order valence-corrected chi connectivity index (χ0v) is 14.7. The van der Waals surface area contributed by atoms with Crippen molar-refractivity contribution >= 4 is 5.91 Å². The van der Waals surface area contributed by atoms with Gasteiger partial charge in [0.15, 0.2) is 0 Å². The van der Waals surface area contributed by atoms with Crippen molar-refractivity contribution in [1.82, 2.24) is 10.2 Å². The average Bonchev–Trinajstić information content (AvgIpc) is 3.06. The Kier molecular flexibility index (Phi) is 4.95. The minimum atomic E-state index is -0.218. The van der Waals surface area contributed by atoms with Crippen LogP contribution in [0.1, 0.15) is 49.3 Å². The molecule has 5 nitrogen and oxygen atoms in total. The number of piperidine rings is 1. The molecule has 3 aliphatic rings. The number of nitrogens with zero attached hydrogens (tertiary/aromatic N) is 1. The van der Waals surface area contributed by atoms with Crippen molar-refractivity contribution in [2.75, 3.05) is 26.2 Å². The third kappa shape index (κ3) is 3.82. The van der Waals surface area contributed by atoms with Gasteiger partial charge >= 0.3 is 0 Å². The summed E-state index contributed by atoms with van der Waals surface area (Å²) >= 11 is 0. The Morgan fingerprint density at radius 3 is 2.84 bits per heavy atom. The van der Waals surface area contributed by atoms with E-state index in [1.165, 1.54) is 24.8 Å². The van der Waals surface area contributed by atoms with Gasteiger partial charge in [-0.1, -0.05) is 12.5 Å². The molecule has 136 valence electrons. The van der Waals surface area contributed by atoms with Crippen LogP contribution in [-0.2, 0) is 11.2 Å². The van der Waals surface area contributed by atoms with E-state index >= 15 is 0 Å². The number of rotatable bonds is 5. The number of hydrogen-bond acceptors (Lipinski definition) is 4. The number of ether oxygens (including phenoxy) is 1. The molecule has 1 saturated heterocycles. The summed E-state index contributed by atoms with van der Waals surface area (Å²) in [6, 6.07) is 6.27. The molecule has 1 amide bonds. The molecular weight excluding hydrogens is 316 g/mol. The highest BCUT2D eigenvalue weighted by atomic mass is 16.5. The molecule has 2 N–H and O–H groups in total. The van der Waals surface area contributed by atoms with Crippen molar-refractivity contribution in [3.05, 3.63) is 29.3 Å². The zero-order chi connectivity index (χ0) is 17.2. The molecule has 1 aromatic carbocycles. The fourth-order valence-corrected chi connectivity index (χ4v) is 4.32. The molecule has 0 spiro atoms. The molecule has 1 atom stereocenters. The molecule has 1 saturated carbocycles. The van der Waals surface area contributed by atoms with E-state index in [-0.39, 0.29) is 18.1 Å². The normalized spacial score (nSPS) is 27.1. The standard InChI is InChI=1S/C20H28N2O3/c23-17-11-16(12-17)20(15-4-5-18-14(10-15)6-9-25-18)21-19(24)13-22-7-2-1-3-8-22/h4-5,10,16-17,20,23H,1-3,6-9,11-13H2,(H,21,24)/t16?,17?,20-/m0/s1. The lowest BCUT2D eigenvalue weighted by Crippen LogP contribution is -2.45. The number of amides is 1. The molecule has 2 fully saturated rings. The van der Waals surface area contributed by atoms with Gasteiger partial charge in [0.2, 0.25) is 5.91 Å². The van der Waals surface area contributed by atoms with Crippen LogP contribution < -0.4 is 10.1 Å². The molecule has 25 heavy (non-hydrogen) atoms. The molecule has 2 heterocycles. The maximum Gasteiger partial charge on any atom is 0.234 e. The highest BCUT2D eigenvalue weighted by molar-refractivity contribution is 5.78. The van der Waals surface area contributed by atoms with Crippen molar-refractivity contribution in [2.24, 2.45) is 5.92 Å². The summed E-state index contributed by atoms with van der Waals surface area (Å²) in [6.07, 6.45) is 5.91. The first-order chi connectivity index (χ1) is 12.2. The first-order valence-electron chi connectivity index (χ1n) is 9.64. The fourth-order valence-electron chi connectivity index (χ4n) is 4.32. The summed E-state index contributed by atoms with van der Waals surface area (Å²) in [7, 11) is 0. The summed E-state index contributed by atoms with van der Waals surface area (Å²) in [4.78, 5) is 14.9. The average molecular weight is 344 g/mol. The third-order valence-electron chi connectivity index (χ3n) is 5.83. The topological polar surface area (TPSA) is 61.8 Å². The van der Waals surface area contributed by atoms with Gasteiger partial charge in [0.1, 0.15) is 5.75 Å². The van der Waals surface area contributed by atoms with Crippen LogP contribution in [-0.4, -0.2) is 48.3 Å². The highest BCUT2D eigenvalue weighted by Gasteiger charge is 2.36. The summed E-state index contributed by atoms with van der Waals surface area (Å²) in [6.45, 7) is 3.28. The molecule has 0 aromatic heterocycles. The molecule has 0 unspecified atom stereocenters. The van der Waals surface area contributed by atoms with E-state index in [9.17, 15) is 9.90 Å². The molecule has 5 heteroatoms. The molecule has 1 aliphatic carbocycles. The van der Waals surface area contributed by atoms with Gasteiger partial charge < -0.3 is 15.2 Å². The molecule has 1 aromatic rings. The lowest BCUT2D eigenvalue weighted by molar-refractivity contribution is -0.124. The summed E-state index contributed by atoms with van der Waals surface area (Å²) in [5.41, 5.74) is 2.38. The molecule has 0 radical (unpaired) electrons. The van der Waals surface area contributed by atoms with Crippen LogP contribution in [0.25, 0.3) is 0 Å². The third-order valence-corrected chi connectivity index (χ3v) is 5.83. The van der Waals surface area contributed by atoms with Gasteiger partial charge in [-0.3, -0.25) is 9.69 Å². The quantitative estimate of drug-likeness (QED) is 0.858. The Balaban J connectivity index is 1.45. The van der Waals surface area contributed by atoms with Gasteiger partial charge in [-0.05, 0) is 68.0 Å². The number of aliphatic hydroxyl groups excluding tert-OH is 1. The Hall–Kier alpha value is -1.59. The predicted molar refractivity (Wildman–Crippen MR) is 95.5 cm³/mol. The lowest BCUT2D eigenvalue weighted by atomic mass is 9.75. The first kappa shape index (κ1) is 16.9. The van der Waals surface area contributed by atoms with Crippen LogP contribution in [0.5, 0.6) is 5.75 Å². The second kappa shape index (κ2) is 7.34. The Morgan fingerprint density at radius 2 is 2.08 bits per heavy atom. The number of aliphatic hydroxyl groups is 1. The van der Waals surface area contributed by atoms with Crippen molar-refractivity contribution in [3.63, 3.8) is 0 Å². The molecule has 4 rings (SSSR count). The molecule has 0 bridgehead atoms.